The van der Waals surface area contributed by atoms with Crippen molar-refractivity contribution in [3.63, 3.8) is 0 Å². The van der Waals surface area contributed by atoms with E-state index in [1.807, 2.05) is 12.1 Å². The van der Waals surface area contributed by atoms with Crippen LogP contribution in [0.4, 0.5) is 5.69 Å². The van der Waals surface area contributed by atoms with Crippen LogP contribution < -0.4 is 11.1 Å². The second-order valence-corrected chi connectivity index (χ2v) is 4.03. The highest BCUT2D eigenvalue weighted by Crippen LogP contribution is 2.06. The zero-order valence-electron chi connectivity index (χ0n) is 10.1. The molecule has 0 atom stereocenters. The van der Waals surface area contributed by atoms with Gasteiger partial charge in [-0.05, 0) is 17.7 Å². The Morgan fingerprint density at radius 3 is 3.00 bits per heavy atom. The maximum Gasteiger partial charge on any atom is 0.224 e. The smallest absolute Gasteiger partial charge is 0.224 e. The van der Waals surface area contributed by atoms with Gasteiger partial charge in [0, 0.05) is 12.7 Å². The van der Waals surface area contributed by atoms with Crippen molar-refractivity contribution in [2.75, 3.05) is 5.73 Å². The number of nitrogens with zero attached hydrogens (tertiary/aromatic N) is 3. The SMILES string of the molecule is Cn1cnc(CNC(=O)Cc2cccc(N)c2)n1. The lowest BCUT2D eigenvalue weighted by molar-refractivity contribution is -0.120. The van der Waals surface area contributed by atoms with Gasteiger partial charge in [-0.3, -0.25) is 9.48 Å². The van der Waals surface area contributed by atoms with Crippen LogP contribution >= 0.6 is 0 Å². The maximum absolute atomic E-state index is 11.7. The summed E-state index contributed by atoms with van der Waals surface area (Å²) in [6.45, 7) is 0.335. The van der Waals surface area contributed by atoms with Gasteiger partial charge in [-0.15, -0.1) is 0 Å². The summed E-state index contributed by atoms with van der Waals surface area (Å²) >= 11 is 0. The van der Waals surface area contributed by atoms with E-state index in [0.29, 0.717) is 24.5 Å². The predicted molar refractivity (Wildman–Crippen MR) is 67.4 cm³/mol. The molecule has 0 spiro atoms. The second-order valence-electron chi connectivity index (χ2n) is 4.03. The molecular weight excluding hydrogens is 230 g/mol. The third kappa shape index (κ3) is 3.31. The molecule has 0 radical (unpaired) electrons. The van der Waals surface area contributed by atoms with Crippen LogP contribution in [0.2, 0.25) is 0 Å². The monoisotopic (exact) mass is 245 g/mol. The number of hydrogen-bond acceptors (Lipinski definition) is 4. The summed E-state index contributed by atoms with van der Waals surface area (Å²) in [5, 5.41) is 6.84. The molecule has 6 nitrogen and oxygen atoms in total. The minimum Gasteiger partial charge on any atom is -0.399 e. The van der Waals surface area contributed by atoms with Gasteiger partial charge in [0.1, 0.15) is 6.33 Å². The maximum atomic E-state index is 11.7. The Hall–Kier alpha value is -2.37. The van der Waals surface area contributed by atoms with Crippen molar-refractivity contribution in [3.8, 4) is 0 Å². The molecule has 0 aliphatic carbocycles. The van der Waals surface area contributed by atoms with Crippen molar-refractivity contribution in [2.45, 2.75) is 13.0 Å². The first-order valence-corrected chi connectivity index (χ1v) is 5.59. The van der Waals surface area contributed by atoms with E-state index in [1.54, 1.807) is 30.2 Å². The standard InChI is InChI=1S/C12H15N5O/c1-17-8-15-11(16-17)7-14-12(18)6-9-3-2-4-10(13)5-9/h2-5,8H,6-7,13H2,1H3,(H,14,18). The number of aryl methyl sites for hydroxylation is 1. The number of nitrogen functional groups attached to an aromatic ring is 1. The summed E-state index contributed by atoms with van der Waals surface area (Å²) in [5.41, 5.74) is 7.20. The van der Waals surface area contributed by atoms with Crippen LogP contribution in [0.3, 0.4) is 0 Å². The molecule has 0 fully saturated rings. The van der Waals surface area contributed by atoms with Crippen molar-refractivity contribution >= 4 is 11.6 Å². The van der Waals surface area contributed by atoms with Crippen molar-refractivity contribution in [2.24, 2.45) is 7.05 Å². The molecule has 94 valence electrons. The highest BCUT2D eigenvalue weighted by atomic mass is 16.1. The van der Waals surface area contributed by atoms with Crippen LogP contribution in [-0.2, 0) is 24.8 Å². The summed E-state index contributed by atoms with van der Waals surface area (Å²) in [7, 11) is 1.78. The molecule has 0 aliphatic heterocycles. The number of nitrogens with two attached hydrogens (primary N) is 1. The lowest BCUT2D eigenvalue weighted by Gasteiger charge is -2.03. The second kappa shape index (κ2) is 5.31. The molecule has 1 aromatic carbocycles. The van der Waals surface area contributed by atoms with Crippen LogP contribution in [0.25, 0.3) is 0 Å². The van der Waals surface area contributed by atoms with Gasteiger partial charge in [-0.25, -0.2) is 4.98 Å². The first-order chi connectivity index (χ1) is 8.63. The summed E-state index contributed by atoms with van der Waals surface area (Å²) in [6.07, 6.45) is 1.90. The molecule has 1 amide bonds. The van der Waals surface area contributed by atoms with Crippen molar-refractivity contribution in [1.82, 2.24) is 20.1 Å². The van der Waals surface area contributed by atoms with Crippen LogP contribution in [-0.4, -0.2) is 20.7 Å². The Labute approximate surface area is 105 Å². The number of aromatic nitrogens is 3. The zero-order chi connectivity index (χ0) is 13.0. The minimum absolute atomic E-state index is 0.0759. The summed E-state index contributed by atoms with van der Waals surface area (Å²) in [6, 6.07) is 7.28. The summed E-state index contributed by atoms with van der Waals surface area (Å²) in [4.78, 5) is 15.7. The number of carbonyl (C=O) groups is 1. The number of hydrogen-bond donors (Lipinski definition) is 2. The van der Waals surface area contributed by atoms with Gasteiger partial charge in [0.15, 0.2) is 5.82 Å². The zero-order valence-corrected chi connectivity index (χ0v) is 10.1. The van der Waals surface area contributed by atoms with Gasteiger partial charge in [0.2, 0.25) is 5.91 Å². The number of anilines is 1. The Morgan fingerprint density at radius 1 is 1.50 bits per heavy atom. The molecule has 0 bridgehead atoms. The van der Waals surface area contributed by atoms with Gasteiger partial charge in [-0.2, -0.15) is 5.10 Å². The summed E-state index contributed by atoms with van der Waals surface area (Å²) < 4.78 is 1.60. The van der Waals surface area contributed by atoms with E-state index >= 15 is 0 Å². The van der Waals surface area contributed by atoms with Gasteiger partial charge >= 0.3 is 0 Å². The predicted octanol–water partition coefficient (Wildman–Crippen LogP) is 0.256. The molecule has 0 aliphatic rings. The van der Waals surface area contributed by atoms with Crippen molar-refractivity contribution in [3.05, 3.63) is 42.0 Å². The lowest BCUT2D eigenvalue weighted by Crippen LogP contribution is -2.25. The molecule has 18 heavy (non-hydrogen) atoms. The molecule has 0 saturated heterocycles. The molecule has 0 saturated carbocycles. The largest absolute Gasteiger partial charge is 0.399 e. The minimum atomic E-state index is -0.0759. The van der Waals surface area contributed by atoms with Crippen LogP contribution in [0.5, 0.6) is 0 Å². The van der Waals surface area contributed by atoms with Crippen LogP contribution in [0.15, 0.2) is 30.6 Å². The Bertz CT molecular complexity index is 549. The van der Waals surface area contributed by atoms with E-state index in [2.05, 4.69) is 15.4 Å². The van der Waals surface area contributed by atoms with Gasteiger partial charge < -0.3 is 11.1 Å². The molecule has 2 rings (SSSR count). The van der Waals surface area contributed by atoms with Crippen molar-refractivity contribution < 1.29 is 4.79 Å². The van der Waals surface area contributed by atoms with Gasteiger partial charge in [0.05, 0.1) is 13.0 Å². The molecule has 6 heteroatoms. The first-order valence-electron chi connectivity index (χ1n) is 5.59. The van der Waals surface area contributed by atoms with Crippen molar-refractivity contribution in [1.29, 1.82) is 0 Å². The Morgan fingerprint density at radius 2 is 2.33 bits per heavy atom. The Kier molecular flexibility index (Phi) is 3.57. The molecular formula is C12H15N5O. The molecule has 1 aromatic heterocycles. The topological polar surface area (TPSA) is 85.8 Å². The van der Waals surface area contributed by atoms with Gasteiger partial charge in [-0.1, -0.05) is 12.1 Å². The average molecular weight is 245 g/mol. The van der Waals surface area contributed by atoms with Crippen LogP contribution in [0, 0.1) is 0 Å². The highest BCUT2D eigenvalue weighted by Gasteiger charge is 2.05. The quantitative estimate of drug-likeness (QED) is 0.756. The fourth-order valence-corrected chi connectivity index (χ4v) is 1.59. The highest BCUT2D eigenvalue weighted by molar-refractivity contribution is 5.78. The number of benzene rings is 1. The summed E-state index contributed by atoms with van der Waals surface area (Å²) in [5.74, 6) is 0.520. The average Bonchev–Trinajstić information content (AvgIpc) is 2.73. The first kappa shape index (κ1) is 12.1. The third-order valence-corrected chi connectivity index (χ3v) is 2.41. The fraction of sp³-hybridized carbons (Fsp3) is 0.250. The van der Waals surface area contributed by atoms with E-state index in [9.17, 15) is 4.79 Å². The molecule has 2 aromatic rings. The van der Waals surface area contributed by atoms with E-state index < -0.39 is 0 Å². The number of nitrogens with one attached hydrogen (secondary N) is 1. The third-order valence-electron chi connectivity index (χ3n) is 2.41. The van der Waals surface area contributed by atoms with E-state index in [-0.39, 0.29) is 5.91 Å². The van der Waals surface area contributed by atoms with Crippen LogP contribution in [0.1, 0.15) is 11.4 Å². The van der Waals surface area contributed by atoms with E-state index in [4.69, 9.17) is 5.73 Å². The fourth-order valence-electron chi connectivity index (χ4n) is 1.59. The Balaban J connectivity index is 1.85. The van der Waals surface area contributed by atoms with E-state index in [1.165, 1.54) is 0 Å². The molecule has 0 unspecified atom stereocenters. The molecule has 3 N–H and O–H groups in total. The number of amides is 1. The van der Waals surface area contributed by atoms with E-state index in [0.717, 1.165) is 5.56 Å². The number of rotatable bonds is 4. The van der Waals surface area contributed by atoms with Gasteiger partial charge in [0.25, 0.3) is 0 Å². The normalized spacial score (nSPS) is 10.3. The molecule has 1 heterocycles. The number of carbonyl (C=O) groups excluding carboxylic acids is 1. The lowest BCUT2D eigenvalue weighted by atomic mass is 10.1.